The van der Waals surface area contributed by atoms with Crippen molar-refractivity contribution >= 4 is 5.97 Å². The summed E-state index contributed by atoms with van der Waals surface area (Å²) in [5.41, 5.74) is 3.60. The maximum atomic E-state index is 12.0. The first-order chi connectivity index (χ1) is 8.56. The Balaban J connectivity index is 2.10. The minimum Gasteiger partial charge on any atom is -0.508 e. The molecule has 3 rings (SSSR count). The molecule has 1 aliphatic carbocycles. The third kappa shape index (κ3) is 1.62. The average molecular weight is 244 g/mol. The summed E-state index contributed by atoms with van der Waals surface area (Å²) in [7, 11) is 0. The molecule has 0 amide bonds. The first-order valence-electron chi connectivity index (χ1n) is 6.26. The fourth-order valence-corrected chi connectivity index (χ4v) is 2.97. The fourth-order valence-electron chi connectivity index (χ4n) is 2.97. The molecule has 0 radical (unpaired) electrons. The number of esters is 1. The van der Waals surface area contributed by atoms with E-state index in [1.807, 2.05) is 0 Å². The molecule has 2 aliphatic rings. The summed E-state index contributed by atoms with van der Waals surface area (Å²) in [5, 5.41) is 9.61. The number of benzene rings is 1. The van der Waals surface area contributed by atoms with Crippen LogP contribution in [0.4, 0.5) is 0 Å². The topological polar surface area (TPSA) is 46.5 Å². The van der Waals surface area contributed by atoms with Gasteiger partial charge in [0.2, 0.25) is 0 Å². The van der Waals surface area contributed by atoms with Crippen molar-refractivity contribution in [3.8, 4) is 11.5 Å². The van der Waals surface area contributed by atoms with Gasteiger partial charge in [-0.25, -0.2) is 0 Å². The van der Waals surface area contributed by atoms with Gasteiger partial charge in [-0.2, -0.15) is 0 Å². The normalized spacial score (nSPS) is 26.4. The molecule has 1 aromatic carbocycles. The lowest BCUT2D eigenvalue weighted by Gasteiger charge is -2.36. The van der Waals surface area contributed by atoms with Crippen LogP contribution in [0.1, 0.15) is 38.2 Å². The number of hydrogen-bond acceptors (Lipinski definition) is 3. The summed E-state index contributed by atoms with van der Waals surface area (Å²) >= 11 is 0. The minimum absolute atomic E-state index is 0.0944. The van der Waals surface area contributed by atoms with Gasteiger partial charge in [-0.1, -0.05) is 11.1 Å². The van der Waals surface area contributed by atoms with Crippen LogP contribution in [0.2, 0.25) is 0 Å². The Morgan fingerprint density at radius 2 is 1.83 bits per heavy atom. The standard InChI is InChI=1S/C15H16O3/c1-8-5-11-12-7-10(16)3-4-14(12)18-15(17)13(11)6-9(8)2/h3-4,7,11,13,16H,5-6H2,1-2H3/t11-,13+/m0/s1. The number of phenols is 1. The van der Waals surface area contributed by atoms with Crippen molar-refractivity contribution in [3.63, 3.8) is 0 Å². The summed E-state index contributed by atoms with van der Waals surface area (Å²) in [6, 6.07) is 4.97. The van der Waals surface area contributed by atoms with Gasteiger partial charge in [0.25, 0.3) is 0 Å². The Labute approximate surface area is 106 Å². The van der Waals surface area contributed by atoms with Gasteiger partial charge in [0.15, 0.2) is 0 Å². The Bertz CT molecular complexity index is 557. The van der Waals surface area contributed by atoms with Crippen molar-refractivity contribution in [1.82, 2.24) is 0 Å². The average Bonchev–Trinajstić information content (AvgIpc) is 2.33. The zero-order valence-electron chi connectivity index (χ0n) is 10.6. The van der Waals surface area contributed by atoms with Crippen molar-refractivity contribution in [2.75, 3.05) is 0 Å². The van der Waals surface area contributed by atoms with Crippen LogP contribution in [0.3, 0.4) is 0 Å². The zero-order valence-corrected chi connectivity index (χ0v) is 10.6. The summed E-state index contributed by atoms with van der Waals surface area (Å²) in [6.45, 7) is 4.20. The van der Waals surface area contributed by atoms with E-state index in [4.69, 9.17) is 4.74 Å². The third-order valence-corrected chi connectivity index (χ3v) is 4.17. The van der Waals surface area contributed by atoms with Crippen LogP contribution in [-0.2, 0) is 4.79 Å². The van der Waals surface area contributed by atoms with Crippen molar-refractivity contribution in [2.45, 2.75) is 32.6 Å². The Morgan fingerprint density at radius 1 is 1.17 bits per heavy atom. The van der Waals surface area contributed by atoms with E-state index in [2.05, 4.69) is 13.8 Å². The highest BCUT2D eigenvalue weighted by Gasteiger charge is 2.40. The van der Waals surface area contributed by atoms with E-state index >= 15 is 0 Å². The number of ether oxygens (including phenoxy) is 1. The van der Waals surface area contributed by atoms with E-state index in [1.165, 1.54) is 11.1 Å². The largest absolute Gasteiger partial charge is 0.508 e. The number of phenolic OH excluding ortho intramolecular Hbond substituents is 1. The number of fused-ring (bicyclic) bond motifs is 3. The Kier molecular flexibility index (Phi) is 2.44. The fraction of sp³-hybridized carbons (Fsp3) is 0.400. The van der Waals surface area contributed by atoms with E-state index < -0.39 is 0 Å². The monoisotopic (exact) mass is 244 g/mol. The van der Waals surface area contributed by atoms with Crippen molar-refractivity contribution in [1.29, 1.82) is 0 Å². The van der Waals surface area contributed by atoms with E-state index in [0.717, 1.165) is 18.4 Å². The Hall–Kier alpha value is -1.77. The van der Waals surface area contributed by atoms with Crippen LogP contribution in [0.15, 0.2) is 29.3 Å². The van der Waals surface area contributed by atoms with Gasteiger partial charge in [-0.05, 0) is 44.9 Å². The van der Waals surface area contributed by atoms with Crippen LogP contribution in [-0.4, -0.2) is 11.1 Å². The third-order valence-electron chi connectivity index (χ3n) is 4.17. The zero-order chi connectivity index (χ0) is 12.9. The highest BCUT2D eigenvalue weighted by Crippen LogP contribution is 2.47. The van der Waals surface area contributed by atoms with Crippen LogP contribution in [0.25, 0.3) is 0 Å². The van der Waals surface area contributed by atoms with Gasteiger partial charge in [0.1, 0.15) is 11.5 Å². The smallest absolute Gasteiger partial charge is 0.315 e. The predicted octanol–water partition coefficient (Wildman–Crippen LogP) is 3.14. The molecule has 3 heteroatoms. The lowest BCUT2D eigenvalue weighted by Crippen LogP contribution is -2.34. The van der Waals surface area contributed by atoms with Gasteiger partial charge in [-0.3, -0.25) is 4.79 Å². The van der Waals surface area contributed by atoms with Crippen LogP contribution in [0, 0.1) is 5.92 Å². The summed E-state index contributed by atoms with van der Waals surface area (Å²) in [6.07, 6.45) is 1.65. The molecule has 3 nitrogen and oxygen atoms in total. The molecule has 1 aliphatic heterocycles. The summed E-state index contributed by atoms with van der Waals surface area (Å²) in [4.78, 5) is 12.0. The van der Waals surface area contributed by atoms with Gasteiger partial charge < -0.3 is 9.84 Å². The molecule has 18 heavy (non-hydrogen) atoms. The number of hydrogen-bond donors (Lipinski definition) is 1. The molecule has 94 valence electrons. The molecule has 0 fully saturated rings. The SMILES string of the molecule is CC1=C(C)C[C@H]2c3cc(O)ccc3OC(=O)[C@@H]2C1. The van der Waals surface area contributed by atoms with E-state index in [1.54, 1.807) is 18.2 Å². The second kappa shape index (κ2) is 3.87. The first-order valence-corrected chi connectivity index (χ1v) is 6.26. The number of carbonyl (C=O) groups is 1. The lowest BCUT2D eigenvalue weighted by molar-refractivity contribution is -0.141. The second-order valence-corrected chi connectivity index (χ2v) is 5.33. The van der Waals surface area contributed by atoms with Gasteiger partial charge in [0, 0.05) is 11.5 Å². The number of allylic oxidation sites excluding steroid dienone is 2. The molecule has 1 aromatic rings. The quantitative estimate of drug-likeness (QED) is 0.433. The van der Waals surface area contributed by atoms with Crippen LogP contribution >= 0.6 is 0 Å². The highest BCUT2D eigenvalue weighted by atomic mass is 16.5. The van der Waals surface area contributed by atoms with Crippen LogP contribution < -0.4 is 4.74 Å². The molecule has 0 aromatic heterocycles. The van der Waals surface area contributed by atoms with E-state index in [-0.39, 0.29) is 23.6 Å². The molecule has 0 spiro atoms. The molecular formula is C15H16O3. The molecular weight excluding hydrogens is 228 g/mol. The molecule has 1 heterocycles. The summed E-state index contributed by atoms with van der Waals surface area (Å²) in [5.74, 6) is 0.755. The molecule has 1 N–H and O–H groups in total. The number of carbonyl (C=O) groups excluding carboxylic acids is 1. The maximum Gasteiger partial charge on any atom is 0.315 e. The van der Waals surface area contributed by atoms with Crippen molar-refractivity contribution in [2.24, 2.45) is 5.92 Å². The number of aromatic hydroxyl groups is 1. The molecule has 0 saturated carbocycles. The lowest BCUT2D eigenvalue weighted by atomic mass is 9.72. The van der Waals surface area contributed by atoms with Gasteiger partial charge >= 0.3 is 5.97 Å². The van der Waals surface area contributed by atoms with E-state index in [0.29, 0.717) is 5.75 Å². The molecule has 0 saturated heterocycles. The second-order valence-electron chi connectivity index (χ2n) is 5.33. The minimum atomic E-state index is -0.134. The predicted molar refractivity (Wildman–Crippen MR) is 67.6 cm³/mol. The van der Waals surface area contributed by atoms with Crippen LogP contribution in [0.5, 0.6) is 11.5 Å². The van der Waals surface area contributed by atoms with Crippen molar-refractivity contribution < 1.29 is 14.6 Å². The maximum absolute atomic E-state index is 12.0. The summed E-state index contributed by atoms with van der Waals surface area (Å²) < 4.78 is 5.37. The number of rotatable bonds is 0. The van der Waals surface area contributed by atoms with Gasteiger partial charge in [-0.15, -0.1) is 0 Å². The molecule has 0 unspecified atom stereocenters. The Morgan fingerprint density at radius 3 is 2.56 bits per heavy atom. The van der Waals surface area contributed by atoms with E-state index in [9.17, 15) is 9.90 Å². The molecule has 2 atom stereocenters. The molecule has 0 bridgehead atoms. The highest BCUT2D eigenvalue weighted by molar-refractivity contribution is 5.80. The first kappa shape index (κ1) is 11.3. The van der Waals surface area contributed by atoms with Crippen molar-refractivity contribution in [3.05, 3.63) is 34.9 Å². The van der Waals surface area contributed by atoms with Gasteiger partial charge in [0.05, 0.1) is 5.92 Å².